The van der Waals surface area contributed by atoms with Crippen molar-refractivity contribution in [2.24, 2.45) is 0 Å². The average molecular weight is 501 g/mol. The van der Waals surface area contributed by atoms with Crippen LogP contribution in [0.2, 0.25) is 0 Å². The summed E-state index contributed by atoms with van der Waals surface area (Å²) >= 11 is 0. The number of hydrogen-bond acceptors (Lipinski definition) is 2. The fourth-order valence-corrected chi connectivity index (χ4v) is 6.46. The number of aryl methyl sites for hydroxylation is 1. The molecule has 0 atom stereocenters. The summed E-state index contributed by atoms with van der Waals surface area (Å²) in [4.78, 5) is 2.47. The highest BCUT2D eigenvalue weighted by Crippen LogP contribution is 2.42. The highest BCUT2D eigenvalue weighted by Gasteiger charge is 2.18. The first-order chi connectivity index (χ1) is 19.3. The zero-order valence-corrected chi connectivity index (χ0v) is 21.7. The standard InChI is InChI=1S/C37H28N2/c1-2-9-29(10-3-1)38-34-23-17-28-15-21-32-31(20-14-27-16-22-33(34)37(28)36(27)32)25-12-18-30(19-13-25)39-24-6-8-26-7-4-5-11-35(26)39/h1-5,7,9-23,38H,6,8,24H2. The summed E-state index contributed by atoms with van der Waals surface area (Å²) in [6, 6.07) is 46.5. The van der Waals surface area contributed by atoms with Crippen LogP contribution in [0.5, 0.6) is 0 Å². The number of anilines is 4. The van der Waals surface area contributed by atoms with E-state index in [0.29, 0.717) is 0 Å². The predicted octanol–water partition coefficient (Wildman–Crippen LogP) is 10.1. The van der Waals surface area contributed by atoms with Gasteiger partial charge in [-0.25, -0.2) is 0 Å². The molecular formula is C37H28N2. The largest absolute Gasteiger partial charge is 0.355 e. The molecule has 7 aromatic carbocycles. The molecule has 2 nitrogen and oxygen atoms in total. The number of para-hydroxylation sites is 2. The summed E-state index contributed by atoms with van der Waals surface area (Å²) in [7, 11) is 0. The van der Waals surface area contributed by atoms with Crippen LogP contribution in [-0.2, 0) is 6.42 Å². The van der Waals surface area contributed by atoms with E-state index in [0.717, 1.165) is 24.3 Å². The minimum Gasteiger partial charge on any atom is -0.355 e. The van der Waals surface area contributed by atoms with Crippen molar-refractivity contribution in [2.45, 2.75) is 12.8 Å². The van der Waals surface area contributed by atoms with E-state index >= 15 is 0 Å². The molecular weight excluding hydrogens is 472 g/mol. The van der Waals surface area contributed by atoms with Gasteiger partial charge in [0.2, 0.25) is 0 Å². The van der Waals surface area contributed by atoms with E-state index < -0.39 is 0 Å². The van der Waals surface area contributed by atoms with E-state index in [1.165, 1.54) is 66.8 Å². The van der Waals surface area contributed by atoms with Gasteiger partial charge in [0, 0.05) is 34.7 Å². The first kappa shape index (κ1) is 22.2. The van der Waals surface area contributed by atoms with Crippen molar-refractivity contribution in [3.8, 4) is 11.1 Å². The molecule has 1 aliphatic rings. The lowest BCUT2D eigenvalue weighted by atomic mass is 9.89. The van der Waals surface area contributed by atoms with Gasteiger partial charge in [-0.3, -0.25) is 0 Å². The number of hydrogen-bond donors (Lipinski definition) is 1. The van der Waals surface area contributed by atoms with Crippen LogP contribution in [-0.4, -0.2) is 6.54 Å². The maximum atomic E-state index is 3.64. The second-order valence-corrected chi connectivity index (χ2v) is 10.6. The molecule has 0 bridgehead atoms. The van der Waals surface area contributed by atoms with Gasteiger partial charge in [0.25, 0.3) is 0 Å². The van der Waals surface area contributed by atoms with Gasteiger partial charge in [0.1, 0.15) is 0 Å². The number of nitrogens with one attached hydrogen (secondary N) is 1. The predicted molar refractivity (Wildman–Crippen MR) is 167 cm³/mol. The van der Waals surface area contributed by atoms with Crippen molar-refractivity contribution in [2.75, 3.05) is 16.8 Å². The van der Waals surface area contributed by atoms with Gasteiger partial charge < -0.3 is 10.2 Å². The van der Waals surface area contributed by atoms with Crippen LogP contribution in [0.3, 0.4) is 0 Å². The Morgan fingerprint density at radius 1 is 0.564 bits per heavy atom. The Kier molecular flexibility index (Phi) is 5.06. The molecule has 0 aromatic heterocycles. The summed E-state index contributed by atoms with van der Waals surface area (Å²) < 4.78 is 0. The molecule has 2 heteroatoms. The molecule has 0 radical (unpaired) electrons. The van der Waals surface area contributed by atoms with Crippen molar-refractivity contribution >= 4 is 55.1 Å². The van der Waals surface area contributed by atoms with Gasteiger partial charge in [-0.2, -0.15) is 0 Å². The summed E-state index contributed by atoms with van der Waals surface area (Å²) in [5, 5.41) is 11.4. The van der Waals surface area contributed by atoms with Crippen molar-refractivity contribution in [3.05, 3.63) is 133 Å². The molecule has 8 rings (SSSR count). The summed E-state index contributed by atoms with van der Waals surface area (Å²) in [5.41, 5.74) is 8.83. The zero-order valence-electron chi connectivity index (χ0n) is 21.7. The zero-order chi connectivity index (χ0) is 25.8. The minimum atomic E-state index is 1.06. The van der Waals surface area contributed by atoms with Gasteiger partial charge in [-0.15, -0.1) is 0 Å². The summed E-state index contributed by atoms with van der Waals surface area (Å²) in [5.74, 6) is 0. The molecule has 0 amide bonds. The molecule has 0 saturated heterocycles. The summed E-state index contributed by atoms with van der Waals surface area (Å²) in [6.45, 7) is 1.06. The molecule has 0 unspecified atom stereocenters. The van der Waals surface area contributed by atoms with Crippen LogP contribution in [0.4, 0.5) is 22.7 Å². The van der Waals surface area contributed by atoms with Crippen LogP contribution in [0.25, 0.3) is 43.4 Å². The Labute approximate surface area is 228 Å². The Hall–Kier alpha value is -4.82. The monoisotopic (exact) mass is 500 g/mol. The maximum Gasteiger partial charge on any atom is 0.0464 e. The summed E-state index contributed by atoms with van der Waals surface area (Å²) in [6.07, 6.45) is 2.35. The van der Waals surface area contributed by atoms with Crippen LogP contribution in [0.15, 0.2) is 127 Å². The third kappa shape index (κ3) is 3.64. The number of benzene rings is 7. The smallest absolute Gasteiger partial charge is 0.0464 e. The molecule has 0 spiro atoms. The Morgan fingerprint density at radius 2 is 1.26 bits per heavy atom. The third-order valence-corrected chi connectivity index (χ3v) is 8.32. The Balaban J connectivity index is 1.24. The van der Waals surface area contributed by atoms with E-state index in [1.54, 1.807) is 0 Å². The third-order valence-electron chi connectivity index (χ3n) is 8.32. The highest BCUT2D eigenvalue weighted by atomic mass is 15.1. The molecule has 1 N–H and O–H groups in total. The Morgan fingerprint density at radius 3 is 2.10 bits per heavy atom. The average Bonchev–Trinajstić information content (AvgIpc) is 3.01. The molecule has 7 aromatic rings. The van der Waals surface area contributed by atoms with Crippen LogP contribution >= 0.6 is 0 Å². The number of rotatable bonds is 4. The molecule has 1 aliphatic heterocycles. The van der Waals surface area contributed by atoms with Crippen LogP contribution in [0.1, 0.15) is 12.0 Å². The van der Waals surface area contributed by atoms with Gasteiger partial charge in [0.15, 0.2) is 0 Å². The topological polar surface area (TPSA) is 15.3 Å². The lowest BCUT2D eigenvalue weighted by Crippen LogP contribution is -2.24. The maximum absolute atomic E-state index is 3.64. The molecule has 186 valence electrons. The second kappa shape index (κ2) is 8.89. The van der Waals surface area contributed by atoms with Crippen molar-refractivity contribution < 1.29 is 0 Å². The molecule has 39 heavy (non-hydrogen) atoms. The normalized spacial score (nSPS) is 13.3. The Bertz CT molecular complexity index is 1950. The fraction of sp³-hybridized carbons (Fsp3) is 0.0811. The lowest BCUT2D eigenvalue weighted by Gasteiger charge is -2.31. The van der Waals surface area contributed by atoms with Gasteiger partial charge >= 0.3 is 0 Å². The number of fused-ring (bicyclic) bond motifs is 1. The van der Waals surface area contributed by atoms with E-state index in [4.69, 9.17) is 0 Å². The van der Waals surface area contributed by atoms with E-state index in [1.807, 2.05) is 0 Å². The molecule has 1 heterocycles. The first-order valence-corrected chi connectivity index (χ1v) is 13.8. The van der Waals surface area contributed by atoms with E-state index in [-0.39, 0.29) is 0 Å². The van der Waals surface area contributed by atoms with Crippen LogP contribution < -0.4 is 10.2 Å². The quantitative estimate of drug-likeness (QED) is 0.242. The fourth-order valence-electron chi connectivity index (χ4n) is 6.46. The second-order valence-electron chi connectivity index (χ2n) is 10.6. The van der Waals surface area contributed by atoms with Crippen LogP contribution in [0, 0.1) is 0 Å². The van der Waals surface area contributed by atoms with Gasteiger partial charge in [0.05, 0.1) is 0 Å². The highest BCUT2D eigenvalue weighted by molar-refractivity contribution is 6.27. The minimum absolute atomic E-state index is 1.06. The first-order valence-electron chi connectivity index (χ1n) is 13.8. The van der Waals surface area contributed by atoms with Crippen molar-refractivity contribution in [3.63, 3.8) is 0 Å². The molecule has 0 fully saturated rings. The van der Waals surface area contributed by atoms with Crippen molar-refractivity contribution in [1.82, 2.24) is 0 Å². The lowest BCUT2D eigenvalue weighted by molar-refractivity contribution is 0.767. The number of nitrogens with zero attached hydrogens (tertiary/aromatic N) is 1. The SMILES string of the molecule is c1ccc(Nc2ccc3ccc4c(-c5ccc(N6CCCc7ccccc76)cc5)ccc5ccc2c3c54)cc1. The van der Waals surface area contributed by atoms with E-state index in [9.17, 15) is 0 Å². The molecule has 0 aliphatic carbocycles. The van der Waals surface area contributed by atoms with Gasteiger partial charge in [-0.1, -0.05) is 91.0 Å². The van der Waals surface area contributed by atoms with Crippen molar-refractivity contribution in [1.29, 1.82) is 0 Å². The molecule has 0 saturated carbocycles. The van der Waals surface area contributed by atoms with E-state index in [2.05, 4.69) is 138 Å². The van der Waals surface area contributed by atoms with Gasteiger partial charge in [-0.05, 0) is 92.9 Å².